The molecule has 1 unspecified atom stereocenters. The molecule has 1 aromatic carbocycles. The van der Waals surface area contributed by atoms with Gasteiger partial charge < -0.3 is 10.2 Å². The zero-order chi connectivity index (χ0) is 14.5. The number of carbonyl (C=O) groups is 2. The number of hydrogen-bond acceptors (Lipinski definition) is 2. The van der Waals surface area contributed by atoms with Crippen LogP contribution in [0.5, 0.6) is 0 Å². The topological polar surface area (TPSA) is 49.4 Å². The lowest BCUT2D eigenvalue weighted by atomic mass is 9.91. The molecular weight excluding hydrogens is 259 g/mol. The third-order valence-electron chi connectivity index (χ3n) is 4.25. The van der Waals surface area contributed by atoms with Crippen LogP contribution >= 0.6 is 0 Å². The fraction of sp³-hybridized carbons (Fsp3) is 0.467. The van der Waals surface area contributed by atoms with E-state index in [0.717, 1.165) is 12.8 Å². The van der Waals surface area contributed by atoms with Gasteiger partial charge in [-0.25, -0.2) is 4.39 Å². The fourth-order valence-electron chi connectivity index (χ4n) is 2.77. The molecule has 4 nitrogen and oxygen atoms in total. The normalized spacial score (nSPS) is 26.6. The Labute approximate surface area is 117 Å². The number of amides is 2. The second-order valence-corrected chi connectivity index (χ2v) is 5.85. The van der Waals surface area contributed by atoms with Crippen LogP contribution in [0.3, 0.4) is 0 Å². The number of aryl methyl sites for hydroxylation is 1. The van der Waals surface area contributed by atoms with Gasteiger partial charge in [0, 0.05) is 5.69 Å². The summed E-state index contributed by atoms with van der Waals surface area (Å²) in [4.78, 5) is 25.9. The minimum atomic E-state index is -0.851. The van der Waals surface area contributed by atoms with E-state index in [1.807, 2.05) is 0 Å². The van der Waals surface area contributed by atoms with E-state index in [-0.39, 0.29) is 30.1 Å². The molecule has 1 aliphatic carbocycles. The molecule has 1 atom stereocenters. The molecule has 1 saturated heterocycles. The molecule has 1 saturated carbocycles. The molecule has 0 radical (unpaired) electrons. The van der Waals surface area contributed by atoms with Crippen molar-refractivity contribution in [2.24, 2.45) is 5.92 Å². The van der Waals surface area contributed by atoms with Gasteiger partial charge in [0.15, 0.2) is 0 Å². The summed E-state index contributed by atoms with van der Waals surface area (Å²) in [7, 11) is 0. The van der Waals surface area contributed by atoms with Gasteiger partial charge >= 0.3 is 0 Å². The van der Waals surface area contributed by atoms with Crippen LogP contribution in [-0.2, 0) is 9.59 Å². The van der Waals surface area contributed by atoms with Gasteiger partial charge in [-0.3, -0.25) is 9.59 Å². The van der Waals surface area contributed by atoms with Crippen molar-refractivity contribution in [3.8, 4) is 0 Å². The first-order chi connectivity index (χ1) is 9.41. The van der Waals surface area contributed by atoms with E-state index in [4.69, 9.17) is 0 Å². The highest BCUT2D eigenvalue weighted by Crippen LogP contribution is 2.42. The summed E-state index contributed by atoms with van der Waals surface area (Å²) < 4.78 is 13.7. The summed E-state index contributed by atoms with van der Waals surface area (Å²) in [5, 5.41) is 2.81. The standard InChI is InChI=1S/C15H17FN2O2/c1-9-3-6-11(7-12(9)16)18-8-13(19)17-15(2,14(18)20)10-4-5-10/h3,6-7,10H,4-5,8H2,1-2H3,(H,17,19). The maximum absolute atomic E-state index is 13.7. The van der Waals surface area contributed by atoms with Crippen LogP contribution in [0.4, 0.5) is 10.1 Å². The summed E-state index contributed by atoms with van der Waals surface area (Å²) in [5.74, 6) is -0.519. The molecule has 1 aliphatic heterocycles. The predicted molar refractivity (Wildman–Crippen MR) is 72.8 cm³/mol. The highest BCUT2D eigenvalue weighted by molar-refractivity contribution is 6.09. The number of piperazine rings is 1. The molecule has 3 rings (SSSR count). The lowest BCUT2D eigenvalue weighted by molar-refractivity contribution is -0.136. The number of hydrogen-bond donors (Lipinski definition) is 1. The number of nitrogens with one attached hydrogen (secondary N) is 1. The minimum absolute atomic E-state index is 0.0519. The Morgan fingerprint density at radius 1 is 1.35 bits per heavy atom. The Morgan fingerprint density at radius 3 is 2.65 bits per heavy atom. The predicted octanol–water partition coefficient (Wildman–Crippen LogP) is 1.77. The molecule has 1 heterocycles. The number of benzene rings is 1. The first kappa shape index (κ1) is 13.1. The van der Waals surface area contributed by atoms with Gasteiger partial charge in [0.2, 0.25) is 5.91 Å². The lowest BCUT2D eigenvalue weighted by Gasteiger charge is -2.40. The van der Waals surface area contributed by atoms with Crippen molar-refractivity contribution in [3.05, 3.63) is 29.6 Å². The van der Waals surface area contributed by atoms with Crippen LogP contribution in [0.2, 0.25) is 0 Å². The number of nitrogens with zero attached hydrogens (tertiary/aromatic N) is 1. The van der Waals surface area contributed by atoms with Crippen molar-refractivity contribution < 1.29 is 14.0 Å². The van der Waals surface area contributed by atoms with Crippen LogP contribution in [0, 0.1) is 18.7 Å². The van der Waals surface area contributed by atoms with E-state index in [2.05, 4.69) is 5.32 Å². The molecule has 0 spiro atoms. The van der Waals surface area contributed by atoms with Gasteiger partial charge in [0.05, 0.1) is 0 Å². The van der Waals surface area contributed by atoms with Crippen LogP contribution in [-0.4, -0.2) is 23.9 Å². The largest absolute Gasteiger partial charge is 0.340 e. The second-order valence-electron chi connectivity index (χ2n) is 5.85. The molecule has 1 aromatic rings. The molecule has 0 bridgehead atoms. The molecule has 1 N–H and O–H groups in total. The number of carbonyl (C=O) groups excluding carboxylic acids is 2. The van der Waals surface area contributed by atoms with Crippen LogP contribution in [0.1, 0.15) is 25.3 Å². The third-order valence-corrected chi connectivity index (χ3v) is 4.25. The van der Waals surface area contributed by atoms with Gasteiger partial charge in [0.1, 0.15) is 17.9 Å². The molecule has 2 aliphatic rings. The molecule has 20 heavy (non-hydrogen) atoms. The Balaban J connectivity index is 1.97. The van der Waals surface area contributed by atoms with Crippen LogP contribution in [0.25, 0.3) is 0 Å². The number of rotatable bonds is 2. The van der Waals surface area contributed by atoms with Gasteiger partial charge in [-0.15, -0.1) is 0 Å². The van der Waals surface area contributed by atoms with Crippen molar-refractivity contribution in [1.29, 1.82) is 0 Å². The first-order valence-electron chi connectivity index (χ1n) is 6.81. The van der Waals surface area contributed by atoms with Crippen molar-refractivity contribution in [1.82, 2.24) is 5.32 Å². The Hall–Kier alpha value is -1.91. The Kier molecular flexibility index (Phi) is 2.81. The monoisotopic (exact) mass is 276 g/mol. The molecule has 2 fully saturated rings. The van der Waals surface area contributed by atoms with Crippen molar-refractivity contribution in [2.45, 2.75) is 32.2 Å². The Morgan fingerprint density at radius 2 is 2.05 bits per heavy atom. The highest BCUT2D eigenvalue weighted by atomic mass is 19.1. The van der Waals surface area contributed by atoms with E-state index in [0.29, 0.717) is 11.3 Å². The van der Waals surface area contributed by atoms with Crippen LogP contribution in [0.15, 0.2) is 18.2 Å². The lowest BCUT2D eigenvalue weighted by Crippen LogP contribution is -2.66. The zero-order valence-corrected chi connectivity index (χ0v) is 11.6. The summed E-state index contributed by atoms with van der Waals surface area (Å²) in [5.41, 5.74) is 0.115. The van der Waals surface area contributed by atoms with E-state index >= 15 is 0 Å². The maximum atomic E-state index is 13.7. The molecule has 106 valence electrons. The van der Waals surface area contributed by atoms with E-state index in [1.54, 1.807) is 26.0 Å². The molecular formula is C15H17FN2O2. The summed E-state index contributed by atoms with van der Waals surface area (Å²) in [6.07, 6.45) is 1.89. The zero-order valence-electron chi connectivity index (χ0n) is 11.6. The molecule has 5 heteroatoms. The van der Waals surface area contributed by atoms with Crippen molar-refractivity contribution in [2.75, 3.05) is 11.4 Å². The average molecular weight is 276 g/mol. The van der Waals surface area contributed by atoms with Gasteiger partial charge in [0.25, 0.3) is 5.91 Å². The highest BCUT2D eigenvalue weighted by Gasteiger charge is 2.52. The fourth-order valence-corrected chi connectivity index (χ4v) is 2.77. The molecule has 2 amide bonds. The van der Waals surface area contributed by atoms with Crippen molar-refractivity contribution >= 4 is 17.5 Å². The third kappa shape index (κ3) is 1.97. The minimum Gasteiger partial charge on any atom is -0.340 e. The summed E-state index contributed by atoms with van der Waals surface area (Å²) in [6, 6.07) is 4.63. The van der Waals surface area contributed by atoms with E-state index < -0.39 is 5.54 Å². The SMILES string of the molecule is Cc1ccc(N2CC(=O)NC(C)(C3CC3)C2=O)cc1F. The maximum Gasteiger partial charge on any atom is 0.253 e. The smallest absolute Gasteiger partial charge is 0.253 e. The van der Waals surface area contributed by atoms with Gasteiger partial charge in [-0.2, -0.15) is 0 Å². The first-order valence-corrected chi connectivity index (χ1v) is 6.81. The van der Waals surface area contributed by atoms with Crippen LogP contribution < -0.4 is 10.2 Å². The van der Waals surface area contributed by atoms with Crippen molar-refractivity contribution in [3.63, 3.8) is 0 Å². The van der Waals surface area contributed by atoms with E-state index in [9.17, 15) is 14.0 Å². The summed E-state index contributed by atoms with van der Waals surface area (Å²) in [6.45, 7) is 3.38. The number of anilines is 1. The van der Waals surface area contributed by atoms with Gasteiger partial charge in [-0.1, -0.05) is 6.07 Å². The number of halogens is 1. The van der Waals surface area contributed by atoms with E-state index in [1.165, 1.54) is 11.0 Å². The molecule has 0 aromatic heterocycles. The second kappa shape index (κ2) is 4.30. The quantitative estimate of drug-likeness (QED) is 0.895. The Bertz CT molecular complexity index is 598. The summed E-state index contributed by atoms with van der Waals surface area (Å²) >= 11 is 0. The average Bonchev–Trinajstić information content (AvgIpc) is 3.22. The van der Waals surface area contributed by atoms with Gasteiger partial charge in [-0.05, 0) is 50.3 Å².